The van der Waals surface area contributed by atoms with Gasteiger partial charge in [0.25, 0.3) is 0 Å². The van der Waals surface area contributed by atoms with Gasteiger partial charge in [-0.25, -0.2) is 4.39 Å². The third-order valence-electron chi connectivity index (χ3n) is 3.21. The van der Waals surface area contributed by atoms with Crippen LogP contribution < -0.4 is 10.5 Å². The van der Waals surface area contributed by atoms with Gasteiger partial charge < -0.3 is 10.5 Å². The number of aryl methyl sites for hydroxylation is 1. The Kier molecular flexibility index (Phi) is 4.03. The highest BCUT2D eigenvalue weighted by atomic mass is 19.1. The number of benzene rings is 2. The normalized spacial score (nSPS) is 10.3. The third kappa shape index (κ3) is 2.96. The molecule has 2 aromatic carbocycles. The molecule has 0 saturated carbocycles. The van der Waals surface area contributed by atoms with Gasteiger partial charge in [0.1, 0.15) is 11.6 Å². The van der Waals surface area contributed by atoms with Crippen LogP contribution in [0.15, 0.2) is 36.4 Å². The summed E-state index contributed by atoms with van der Waals surface area (Å²) in [6.07, 6.45) is 0.197. The molecule has 0 heterocycles. The number of anilines is 1. The van der Waals surface area contributed by atoms with E-state index in [1.54, 1.807) is 31.2 Å². The number of methoxy groups -OCH3 is 1. The fourth-order valence-corrected chi connectivity index (χ4v) is 2.05. The average Bonchev–Trinajstić information content (AvgIpc) is 2.41. The summed E-state index contributed by atoms with van der Waals surface area (Å²) in [6.45, 7) is 1.78. The van der Waals surface area contributed by atoms with E-state index in [1.165, 1.54) is 19.2 Å². The SMILES string of the molecule is COc1ccc(C(=O)Cc2ccc(F)cc2C)c(N)c1. The van der Waals surface area contributed by atoms with Gasteiger partial charge in [0.2, 0.25) is 0 Å². The van der Waals surface area contributed by atoms with Crippen molar-refractivity contribution in [3.63, 3.8) is 0 Å². The van der Waals surface area contributed by atoms with Crippen LogP contribution in [0.25, 0.3) is 0 Å². The van der Waals surface area contributed by atoms with Gasteiger partial charge in [0, 0.05) is 23.7 Å². The lowest BCUT2D eigenvalue weighted by Gasteiger charge is -2.09. The van der Waals surface area contributed by atoms with Crippen LogP contribution in [0.3, 0.4) is 0 Å². The molecule has 0 aliphatic heterocycles. The molecule has 0 unspecified atom stereocenters. The maximum atomic E-state index is 13.0. The Morgan fingerprint density at radius 3 is 2.60 bits per heavy atom. The smallest absolute Gasteiger partial charge is 0.169 e. The Labute approximate surface area is 117 Å². The zero-order valence-electron chi connectivity index (χ0n) is 11.4. The first-order valence-electron chi connectivity index (χ1n) is 6.23. The lowest BCUT2D eigenvalue weighted by molar-refractivity contribution is 0.0993. The van der Waals surface area contributed by atoms with E-state index < -0.39 is 0 Å². The number of Topliss-reactive ketones (excluding diaryl/α,β-unsaturated/α-hetero) is 1. The summed E-state index contributed by atoms with van der Waals surface area (Å²) in [5, 5.41) is 0. The monoisotopic (exact) mass is 273 g/mol. The average molecular weight is 273 g/mol. The topological polar surface area (TPSA) is 52.3 Å². The fraction of sp³-hybridized carbons (Fsp3) is 0.188. The molecule has 104 valence electrons. The Morgan fingerprint density at radius 2 is 2.00 bits per heavy atom. The van der Waals surface area contributed by atoms with E-state index >= 15 is 0 Å². The van der Waals surface area contributed by atoms with Gasteiger partial charge >= 0.3 is 0 Å². The van der Waals surface area contributed by atoms with Gasteiger partial charge in [-0.3, -0.25) is 4.79 Å². The number of hydrogen-bond donors (Lipinski definition) is 1. The fourth-order valence-electron chi connectivity index (χ4n) is 2.05. The number of halogens is 1. The predicted octanol–water partition coefficient (Wildman–Crippen LogP) is 3.15. The van der Waals surface area contributed by atoms with Gasteiger partial charge in [0.05, 0.1) is 7.11 Å². The number of hydrogen-bond acceptors (Lipinski definition) is 3. The van der Waals surface area contributed by atoms with Crippen molar-refractivity contribution in [2.45, 2.75) is 13.3 Å². The molecule has 0 aliphatic rings. The summed E-state index contributed by atoms with van der Waals surface area (Å²) in [6, 6.07) is 9.36. The Balaban J connectivity index is 2.24. The number of nitrogens with two attached hydrogens (primary N) is 1. The first-order valence-corrected chi connectivity index (χ1v) is 6.23. The van der Waals surface area contributed by atoms with Gasteiger partial charge in [-0.1, -0.05) is 6.07 Å². The van der Waals surface area contributed by atoms with E-state index in [0.29, 0.717) is 17.0 Å². The lowest BCUT2D eigenvalue weighted by atomic mass is 9.98. The molecule has 0 atom stereocenters. The molecule has 0 aliphatic carbocycles. The van der Waals surface area contributed by atoms with Crippen LogP contribution in [0, 0.1) is 12.7 Å². The molecule has 0 spiro atoms. The first kappa shape index (κ1) is 14.1. The number of rotatable bonds is 4. The zero-order valence-corrected chi connectivity index (χ0v) is 11.4. The van der Waals surface area contributed by atoms with Crippen molar-refractivity contribution in [1.82, 2.24) is 0 Å². The van der Waals surface area contributed by atoms with E-state index in [0.717, 1.165) is 11.1 Å². The van der Waals surface area contributed by atoms with Gasteiger partial charge in [-0.05, 0) is 42.3 Å². The minimum Gasteiger partial charge on any atom is -0.497 e. The Bertz CT molecular complexity index is 653. The van der Waals surface area contributed by atoms with Gasteiger partial charge in [-0.15, -0.1) is 0 Å². The van der Waals surface area contributed by atoms with Crippen molar-refractivity contribution in [1.29, 1.82) is 0 Å². The highest BCUT2D eigenvalue weighted by molar-refractivity contribution is 6.02. The minimum atomic E-state index is -0.303. The van der Waals surface area contributed by atoms with Crippen LogP contribution in [-0.2, 0) is 6.42 Å². The van der Waals surface area contributed by atoms with Gasteiger partial charge in [-0.2, -0.15) is 0 Å². The molecular formula is C16H16FNO2. The molecule has 0 saturated heterocycles. The predicted molar refractivity (Wildman–Crippen MR) is 76.6 cm³/mol. The zero-order chi connectivity index (χ0) is 14.7. The molecule has 4 heteroatoms. The summed E-state index contributed by atoms with van der Waals surface area (Å²) in [7, 11) is 1.54. The van der Waals surface area contributed by atoms with E-state index in [4.69, 9.17) is 10.5 Å². The van der Waals surface area contributed by atoms with Crippen LogP contribution >= 0.6 is 0 Å². The van der Waals surface area contributed by atoms with E-state index in [9.17, 15) is 9.18 Å². The van der Waals surface area contributed by atoms with E-state index in [-0.39, 0.29) is 18.0 Å². The highest BCUT2D eigenvalue weighted by Gasteiger charge is 2.13. The van der Waals surface area contributed by atoms with Crippen molar-refractivity contribution in [3.05, 3.63) is 58.9 Å². The van der Waals surface area contributed by atoms with Crippen molar-refractivity contribution in [3.8, 4) is 5.75 Å². The van der Waals surface area contributed by atoms with Crippen molar-refractivity contribution < 1.29 is 13.9 Å². The standard InChI is InChI=1S/C16H16FNO2/c1-10-7-12(17)4-3-11(10)8-16(19)14-6-5-13(20-2)9-15(14)18/h3-7,9H,8,18H2,1-2H3. The molecule has 0 bridgehead atoms. The minimum absolute atomic E-state index is 0.0974. The summed E-state index contributed by atoms with van der Waals surface area (Å²) in [4.78, 5) is 12.3. The number of carbonyl (C=O) groups is 1. The number of ketones is 1. The highest BCUT2D eigenvalue weighted by Crippen LogP contribution is 2.22. The quantitative estimate of drug-likeness (QED) is 0.687. The van der Waals surface area contributed by atoms with Crippen LogP contribution in [0.2, 0.25) is 0 Å². The second-order valence-corrected chi connectivity index (χ2v) is 4.62. The van der Waals surface area contributed by atoms with Gasteiger partial charge in [0.15, 0.2) is 5.78 Å². The van der Waals surface area contributed by atoms with E-state index in [2.05, 4.69) is 0 Å². The largest absolute Gasteiger partial charge is 0.497 e. The van der Waals surface area contributed by atoms with Crippen LogP contribution in [-0.4, -0.2) is 12.9 Å². The van der Waals surface area contributed by atoms with E-state index in [1.807, 2.05) is 0 Å². The maximum Gasteiger partial charge on any atom is 0.169 e. The van der Waals surface area contributed by atoms with Crippen LogP contribution in [0.4, 0.5) is 10.1 Å². The number of ether oxygens (including phenoxy) is 1. The summed E-state index contributed by atoms with van der Waals surface area (Å²) in [5.41, 5.74) is 8.24. The second kappa shape index (κ2) is 5.74. The molecule has 2 N–H and O–H groups in total. The Hall–Kier alpha value is -2.36. The molecule has 2 aromatic rings. The molecule has 20 heavy (non-hydrogen) atoms. The summed E-state index contributed by atoms with van der Waals surface area (Å²) >= 11 is 0. The molecule has 0 fully saturated rings. The van der Waals surface area contributed by atoms with Crippen LogP contribution in [0.1, 0.15) is 21.5 Å². The number of nitrogen functional groups attached to an aromatic ring is 1. The number of carbonyl (C=O) groups excluding carboxylic acids is 1. The third-order valence-corrected chi connectivity index (χ3v) is 3.21. The molecular weight excluding hydrogens is 257 g/mol. The second-order valence-electron chi connectivity index (χ2n) is 4.62. The molecule has 0 radical (unpaired) electrons. The molecule has 0 amide bonds. The first-order chi connectivity index (χ1) is 9.51. The molecule has 0 aromatic heterocycles. The summed E-state index contributed by atoms with van der Waals surface area (Å²) in [5.74, 6) is 0.208. The van der Waals surface area contributed by atoms with Crippen molar-refractivity contribution in [2.75, 3.05) is 12.8 Å². The Morgan fingerprint density at radius 1 is 1.25 bits per heavy atom. The molecule has 3 nitrogen and oxygen atoms in total. The van der Waals surface area contributed by atoms with Crippen LogP contribution in [0.5, 0.6) is 5.75 Å². The maximum absolute atomic E-state index is 13.0. The van der Waals surface area contributed by atoms with Crippen molar-refractivity contribution >= 4 is 11.5 Å². The van der Waals surface area contributed by atoms with Crippen molar-refractivity contribution in [2.24, 2.45) is 0 Å². The summed E-state index contributed by atoms with van der Waals surface area (Å²) < 4.78 is 18.1. The molecule has 2 rings (SSSR count). The lowest BCUT2D eigenvalue weighted by Crippen LogP contribution is -2.08.